The van der Waals surface area contributed by atoms with Crippen molar-refractivity contribution in [1.82, 2.24) is 0 Å². The van der Waals surface area contributed by atoms with Gasteiger partial charge in [0.1, 0.15) is 5.41 Å². The van der Waals surface area contributed by atoms with Gasteiger partial charge in [-0.1, -0.05) is 88.4 Å². The molecule has 0 heterocycles. The molecular formula is C30H30NO5P. The number of hydrogen-bond acceptors (Lipinski definition) is 5. The predicted molar refractivity (Wildman–Crippen MR) is 145 cm³/mol. The fourth-order valence-electron chi connectivity index (χ4n) is 5.34. The molecule has 1 amide bonds. The molecule has 0 aliphatic heterocycles. The van der Waals surface area contributed by atoms with Crippen molar-refractivity contribution >= 4 is 46.4 Å². The third-order valence-corrected chi connectivity index (χ3v) is 10.9. The zero-order valence-electron chi connectivity index (χ0n) is 21.4. The fraction of sp³-hybridized carbons (Fsp3) is 0.267. The number of carbonyl (C=O) groups excluding carboxylic acids is 4. The summed E-state index contributed by atoms with van der Waals surface area (Å²) in [6.07, 6.45) is 0.189. The van der Waals surface area contributed by atoms with Crippen molar-refractivity contribution in [2.75, 3.05) is 5.32 Å². The number of nitrogens with one attached hydrogen (secondary N) is 1. The maximum absolute atomic E-state index is 14.3. The molecule has 37 heavy (non-hydrogen) atoms. The van der Waals surface area contributed by atoms with E-state index in [-0.39, 0.29) is 12.0 Å². The molecule has 6 nitrogen and oxygen atoms in total. The van der Waals surface area contributed by atoms with Gasteiger partial charge in [-0.15, -0.1) is 0 Å². The molecule has 1 fully saturated rings. The van der Waals surface area contributed by atoms with Gasteiger partial charge >= 0.3 is 0 Å². The summed E-state index contributed by atoms with van der Waals surface area (Å²) in [6, 6.07) is 23.5. The highest BCUT2D eigenvalue weighted by Crippen LogP contribution is 2.54. The van der Waals surface area contributed by atoms with Crippen LogP contribution in [-0.2, 0) is 18.9 Å². The van der Waals surface area contributed by atoms with Gasteiger partial charge in [-0.25, -0.2) is 0 Å². The number of anilines is 1. The molecule has 1 N–H and O–H groups in total. The lowest BCUT2D eigenvalue weighted by molar-refractivity contribution is -0.146. The molecule has 0 bridgehead atoms. The Kier molecular flexibility index (Phi) is 6.91. The predicted octanol–water partition coefficient (Wildman–Crippen LogP) is 4.99. The van der Waals surface area contributed by atoms with Crippen LogP contribution >= 0.6 is 7.14 Å². The van der Waals surface area contributed by atoms with Gasteiger partial charge in [0.15, 0.2) is 0 Å². The average Bonchev–Trinajstić information content (AvgIpc) is 3.05. The molecule has 0 saturated heterocycles. The van der Waals surface area contributed by atoms with Gasteiger partial charge in [-0.05, 0) is 36.1 Å². The minimum absolute atomic E-state index is 0.189. The van der Waals surface area contributed by atoms with Crippen molar-refractivity contribution in [3.8, 4) is 0 Å². The van der Waals surface area contributed by atoms with Gasteiger partial charge in [0.25, 0.3) is 0 Å². The van der Waals surface area contributed by atoms with Crippen molar-refractivity contribution in [1.29, 1.82) is 0 Å². The maximum Gasteiger partial charge on any atom is 0.239 e. The quantitative estimate of drug-likeness (QED) is 0.272. The van der Waals surface area contributed by atoms with Crippen LogP contribution in [0.4, 0.5) is 5.69 Å². The molecule has 0 spiro atoms. The SMILES string of the molecule is CCC1(C(=O)Nc2ccc(C(=O)P(=O)(c3ccccc3)c3ccccc3)cc2)C(=O)C(=O)C(C)C1(C)C. The molecule has 3 aromatic rings. The topological polar surface area (TPSA) is 97.4 Å². The average molecular weight is 516 g/mol. The van der Waals surface area contributed by atoms with Gasteiger partial charge in [-0.2, -0.15) is 0 Å². The van der Waals surface area contributed by atoms with Crippen molar-refractivity contribution < 1.29 is 23.7 Å². The summed E-state index contributed by atoms with van der Waals surface area (Å²) in [5.74, 6) is -2.30. The van der Waals surface area contributed by atoms with Crippen LogP contribution in [-0.4, -0.2) is 23.0 Å². The number of rotatable bonds is 7. The first-order valence-electron chi connectivity index (χ1n) is 12.3. The van der Waals surface area contributed by atoms with Crippen molar-refractivity contribution in [3.05, 3.63) is 90.5 Å². The molecule has 2 atom stereocenters. The van der Waals surface area contributed by atoms with Crippen LogP contribution in [0.3, 0.4) is 0 Å². The van der Waals surface area contributed by atoms with E-state index in [1.807, 2.05) is 0 Å². The second-order valence-electron chi connectivity index (χ2n) is 10.0. The Bertz CT molecular complexity index is 1370. The number of Topliss-reactive ketones (excluding diaryl/α,β-unsaturated/α-hetero) is 2. The van der Waals surface area contributed by atoms with Crippen LogP contribution in [0.2, 0.25) is 0 Å². The summed E-state index contributed by atoms with van der Waals surface area (Å²) in [5.41, 5.74) is -2.23. The van der Waals surface area contributed by atoms with E-state index in [9.17, 15) is 23.7 Å². The number of ketones is 2. The summed E-state index contributed by atoms with van der Waals surface area (Å²) in [4.78, 5) is 52.6. The lowest BCUT2D eigenvalue weighted by Crippen LogP contribution is -2.49. The molecule has 2 unspecified atom stereocenters. The Labute approximate surface area is 216 Å². The second-order valence-corrected chi connectivity index (χ2v) is 12.7. The Morgan fingerprint density at radius 1 is 0.838 bits per heavy atom. The molecule has 1 aliphatic carbocycles. The molecule has 0 aromatic heterocycles. The summed E-state index contributed by atoms with van der Waals surface area (Å²) < 4.78 is 14.3. The molecule has 7 heteroatoms. The third kappa shape index (κ3) is 4.00. The first-order valence-corrected chi connectivity index (χ1v) is 14.0. The van der Waals surface area contributed by atoms with Crippen LogP contribution < -0.4 is 15.9 Å². The van der Waals surface area contributed by atoms with Crippen LogP contribution in [0, 0.1) is 16.7 Å². The second kappa shape index (κ2) is 9.68. The number of carbonyl (C=O) groups is 4. The van der Waals surface area contributed by atoms with Gasteiger partial charge in [0.2, 0.25) is 30.1 Å². The Hall–Kier alpha value is -3.63. The molecular weight excluding hydrogens is 485 g/mol. The normalized spacial score (nSPS) is 21.0. The maximum atomic E-state index is 14.3. The first kappa shape index (κ1) is 26.4. The summed E-state index contributed by atoms with van der Waals surface area (Å²) in [5, 5.41) is 3.66. The van der Waals surface area contributed by atoms with Crippen molar-refractivity contribution in [3.63, 3.8) is 0 Å². The van der Waals surface area contributed by atoms with E-state index in [2.05, 4.69) is 5.32 Å². The van der Waals surface area contributed by atoms with E-state index < -0.39 is 46.9 Å². The molecule has 4 rings (SSSR count). The largest absolute Gasteiger partial charge is 0.325 e. The van der Waals surface area contributed by atoms with Crippen LogP contribution in [0.15, 0.2) is 84.9 Å². The highest BCUT2D eigenvalue weighted by molar-refractivity contribution is 7.93. The van der Waals surface area contributed by atoms with Crippen molar-refractivity contribution in [2.24, 2.45) is 16.7 Å². The van der Waals surface area contributed by atoms with E-state index in [1.54, 1.807) is 100 Å². The van der Waals surface area contributed by atoms with Gasteiger partial charge < -0.3 is 9.88 Å². The molecule has 1 aliphatic rings. The van der Waals surface area contributed by atoms with Crippen LogP contribution in [0.5, 0.6) is 0 Å². The highest BCUT2D eigenvalue weighted by Gasteiger charge is 2.66. The smallest absolute Gasteiger partial charge is 0.239 e. The van der Waals surface area contributed by atoms with Gasteiger partial charge in [0.05, 0.1) is 0 Å². The van der Waals surface area contributed by atoms with E-state index >= 15 is 0 Å². The Morgan fingerprint density at radius 3 is 1.73 bits per heavy atom. The minimum atomic E-state index is -3.66. The Balaban J connectivity index is 1.65. The number of hydrogen-bond donors (Lipinski definition) is 1. The zero-order valence-corrected chi connectivity index (χ0v) is 22.3. The molecule has 0 radical (unpaired) electrons. The lowest BCUT2D eigenvalue weighted by atomic mass is 9.62. The number of benzene rings is 3. The van der Waals surface area contributed by atoms with Crippen LogP contribution in [0.1, 0.15) is 44.5 Å². The minimum Gasteiger partial charge on any atom is -0.325 e. The zero-order chi connectivity index (χ0) is 27.0. The molecule has 3 aromatic carbocycles. The van der Waals surface area contributed by atoms with Crippen LogP contribution in [0.25, 0.3) is 0 Å². The van der Waals surface area contributed by atoms with E-state index in [4.69, 9.17) is 0 Å². The molecule has 190 valence electrons. The third-order valence-electron chi connectivity index (χ3n) is 8.02. The summed E-state index contributed by atoms with van der Waals surface area (Å²) in [7, 11) is -3.66. The standard InChI is InChI=1S/C30H30NO5P/c1-5-30(26(33)25(32)20(2)29(30,3)4)28(35)31-22-18-16-21(17-19-22)27(34)37(36,23-12-8-6-9-13-23)24-14-10-7-11-15-24/h6-20H,5H2,1-4H3,(H,31,35). The van der Waals surface area contributed by atoms with Crippen molar-refractivity contribution in [2.45, 2.75) is 34.1 Å². The Morgan fingerprint density at radius 2 is 1.32 bits per heavy atom. The van der Waals surface area contributed by atoms with E-state index in [0.29, 0.717) is 16.3 Å². The van der Waals surface area contributed by atoms with Gasteiger partial charge in [0, 0.05) is 27.8 Å². The molecule has 1 saturated carbocycles. The van der Waals surface area contributed by atoms with Gasteiger partial charge in [-0.3, -0.25) is 19.2 Å². The highest BCUT2D eigenvalue weighted by atomic mass is 31.2. The van der Waals surface area contributed by atoms with E-state index in [1.165, 1.54) is 12.1 Å². The van der Waals surface area contributed by atoms with E-state index in [0.717, 1.165) is 0 Å². The summed E-state index contributed by atoms with van der Waals surface area (Å²) in [6.45, 7) is 6.96. The first-order chi connectivity index (χ1) is 17.5. The fourth-order valence-corrected chi connectivity index (χ4v) is 7.81. The monoisotopic (exact) mass is 515 g/mol. The number of amides is 1. The lowest BCUT2D eigenvalue weighted by Gasteiger charge is -2.39. The summed E-state index contributed by atoms with van der Waals surface area (Å²) >= 11 is 0.